The fourth-order valence-corrected chi connectivity index (χ4v) is 3.50. The van der Waals surface area contributed by atoms with Gasteiger partial charge in [-0.3, -0.25) is 0 Å². The molecule has 1 fully saturated rings. The average Bonchev–Trinajstić information content (AvgIpc) is 2.25. The number of carbonyl (C=O) groups is 1. The van der Waals surface area contributed by atoms with Gasteiger partial charge in [-0.25, -0.2) is 17.9 Å². The first kappa shape index (κ1) is 14.8. The van der Waals surface area contributed by atoms with Crippen LogP contribution in [0.25, 0.3) is 0 Å². The van der Waals surface area contributed by atoms with E-state index in [2.05, 4.69) is 4.72 Å². The van der Waals surface area contributed by atoms with Crippen molar-refractivity contribution in [1.29, 1.82) is 0 Å². The van der Waals surface area contributed by atoms with Gasteiger partial charge in [-0.05, 0) is 43.4 Å². The van der Waals surface area contributed by atoms with E-state index in [9.17, 15) is 18.3 Å². The summed E-state index contributed by atoms with van der Waals surface area (Å²) in [6.45, 7) is 1.88. The first-order valence-corrected chi connectivity index (χ1v) is 7.86. The van der Waals surface area contributed by atoms with Crippen LogP contribution in [0.5, 0.6) is 5.75 Å². The van der Waals surface area contributed by atoms with Gasteiger partial charge >= 0.3 is 5.97 Å². The maximum Gasteiger partial charge on any atom is 0.339 e. The molecule has 0 atom stereocenters. The normalized spacial score (nSPS) is 15.8. The number of carboxylic acid groups (broad SMARTS) is 1. The molecule has 0 bridgehead atoms. The number of hydrogen-bond acceptors (Lipinski definition) is 4. The van der Waals surface area contributed by atoms with E-state index in [0.717, 1.165) is 31.4 Å². The van der Waals surface area contributed by atoms with Crippen LogP contribution in [0.4, 0.5) is 0 Å². The van der Waals surface area contributed by atoms with Crippen molar-refractivity contribution in [2.24, 2.45) is 5.92 Å². The summed E-state index contributed by atoms with van der Waals surface area (Å²) in [5, 5.41) is 18.5. The summed E-state index contributed by atoms with van der Waals surface area (Å²) in [4.78, 5) is 10.9. The summed E-state index contributed by atoms with van der Waals surface area (Å²) >= 11 is 0. The molecule has 1 aliphatic carbocycles. The zero-order valence-corrected chi connectivity index (χ0v) is 11.9. The highest BCUT2D eigenvalue weighted by molar-refractivity contribution is 7.89. The third-order valence-electron chi connectivity index (χ3n) is 3.60. The molecule has 3 N–H and O–H groups in total. The van der Waals surface area contributed by atoms with Crippen molar-refractivity contribution in [3.05, 3.63) is 23.3 Å². The Kier molecular flexibility index (Phi) is 4.01. The van der Waals surface area contributed by atoms with Gasteiger partial charge in [0.15, 0.2) is 0 Å². The molecule has 1 saturated carbocycles. The first-order chi connectivity index (χ1) is 9.31. The van der Waals surface area contributed by atoms with Gasteiger partial charge in [-0.1, -0.05) is 6.42 Å². The Morgan fingerprint density at radius 2 is 2.05 bits per heavy atom. The molecule has 20 heavy (non-hydrogen) atoms. The molecule has 2 rings (SSSR count). The van der Waals surface area contributed by atoms with Crippen LogP contribution >= 0.6 is 0 Å². The summed E-state index contributed by atoms with van der Waals surface area (Å²) in [5.74, 6) is -1.44. The molecule has 1 aromatic rings. The lowest BCUT2D eigenvalue weighted by atomic mass is 9.86. The number of carboxylic acids is 1. The number of rotatable bonds is 5. The van der Waals surface area contributed by atoms with Gasteiger partial charge in [-0.15, -0.1) is 0 Å². The Hall–Kier alpha value is -1.60. The molecule has 0 unspecified atom stereocenters. The average molecular weight is 299 g/mol. The fraction of sp³-hybridized carbons (Fsp3) is 0.462. The Morgan fingerprint density at radius 3 is 2.55 bits per heavy atom. The minimum Gasteiger partial charge on any atom is -0.507 e. The van der Waals surface area contributed by atoms with Crippen molar-refractivity contribution < 1.29 is 23.4 Å². The number of aromatic hydroxyl groups is 1. The van der Waals surface area contributed by atoms with Crippen molar-refractivity contribution in [2.45, 2.75) is 31.1 Å². The Balaban J connectivity index is 2.29. The second-order valence-electron chi connectivity index (χ2n) is 5.09. The van der Waals surface area contributed by atoms with E-state index in [-0.39, 0.29) is 4.90 Å². The smallest absolute Gasteiger partial charge is 0.339 e. The minimum atomic E-state index is -3.76. The molecule has 1 aliphatic rings. The van der Waals surface area contributed by atoms with Crippen LogP contribution in [0.3, 0.4) is 0 Å². The van der Waals surface area contributed by atoms with E-state index in [1.807, 2.05) is 0 Å². The molecule has 7 heteroatoms. The van der Waals surface area contributed by atoms with Crippen LogP contribution in [-0.2, 0) is 10.0 Å². The van der Waals surface area contributed by atoms with E-state index in [1.54, 1.807) is 0 Å². The van der Waals surface area contributed by atoms with Gasteiger partial charge in [0.25, 0.3) is 0 Å². The fourth-order valence-electron chi connectivity index (χ4n) is 2.14. The molecule has 110 valence electrons. The molecule has 0 amide bonds. The Labute approximate surface area is 117 Å². The molecular weight excluding hydrogens is 282 g/mol. The maximum absolute atomic E-state index is 12.2. The minimum absolute atomic E-state index is 0.105. The first-order valence-electron chi connectivity index (χ1n) is 6.38. The van der Waals surface area contributed by atoms with Crippen LogP contribution < -0.4 is 4.72 Å². The van der Waals surface area contributed by atoms with E-state index >= 15 is 0 Å². The molecule has 0 spiro atoms. The van der Waals surface area contributed by atoms with Gasteiger partial charge in [0.05, 0.1) is 4.90 Å². The molecule has 1 aromatic carbocycles. The van der Waals surface area contributed by atoms with Gasteiger partial charge in [0.1, 0.15) is 11.3 Å². The molecule has 6 nitrogen and oxygen atoms in total. The van der Waals surface area contributed by atoms with Gasteiger partial charge in [0, 0.05) is 6.54 Å². The van der Waals surface area contributed by atoms with Gasteiger partial charge in [0.2, 0.25) is 10.0 Å². The summed E-state index contributed by atoms with van der Waals surface area (Å²) in [6, 6.07) is 2.15. The quantitative estimate of drug-likeness (QED) is 0.764. The molecule has 0 heterocycles. The molecular formula is C13H17NO5S. The second kappa shape index (κ2) is 5.41. The largest absolute Gasteiger partial charge is 0.507 e. The second-order valence-corrected chi connectivity index (χ2v) is 6.82. The number of nitrogens with one attached hydrogen (secondary N) is 1. The van der Waals surface area contributed by atoms with Gasteiger partial charge < -0.3 is 10.2 Å². The Bertz CT molecular complexity index is 634. The van der Waals surface area contributed by atoms with Crippen molar-refractivity contribution in [3.8, 4) is 5.75 Å². The topological polar surface area (TPSA) is 104 Å². The zero-order valence-electron chi connectivity index (χ0n) is 11.1. The van der Waals surface area contributed by atoms with E-state index in [1.165, 1.54) is 6.92 Å². The Morgan fingerprint density at radius 1 is 1.40 bits per heavy atom. The summed E-state index contributed by atoms with van der Waals surface area (Å²) in [5.41, 5.74) is -0.103. The standard InChI is InChI=1S/C13H17NO5S/c1-8-5-11(15)10(13(16)17)6-12(8)20(18,19)14-7-9-3-2-4-9/h5-6,9,14-15H,2-4,7H2,1H3,(H,16,17). The lowest BCUT2D eigenvalue weighted by molar-refractivity contribution is 0.0693. The van der Waals surface area contributed by atoms with Crippen molar-refractivity contribution >= 4 is 16.0 Å². The number of aromatic carboxylic acids is 1. The van der Waals surface area contributed by atoms with Crippen molar-refractivity contribution in [3.63, 3.8) is 0 Å². The molecule has 0 aliphatic heterocycles. The molecule has 0 saturated heterocycles. The number of sulfonamides is 1. The highest BCUT2D eigenvalue weighted by Crippen LogP contribution is 2.28. The third kappa shape index (κ3) is 2.94. The highest BCUT2D eigenvalue weighted by Gasteiger charge is 2.24. The number of benzene rings is 1. The predicted molar refractivity (Wildman–Crippen MR) is 72.3 cm³/mol. The van der Waals surface area contributed by atoms with E-state index < -0.39 is 27.3 Å². The van der Waals surface area contributed by atoms with Crippen LogP contribution in [0.2, 0.25) is 0 Å². The lowest BCUT2D eigenvalue weighted by Crippen LogP contribution is -2.32. The maximum atomic E-state index is 12.2. The summed E-state index contributed by atoms with van der Waals surface area (Å²) in [7, 11) is -3.76. The summed E-state index contributed by atoms with van der Waals surface area (Å²) in [6.07, 6.45) is 3.14. The summed E-state index contributed by atoms with van der Waals surface area (Å²) < 4.78 is 26.9. The molecule has 0 radical (unpaired) electrons. The van der Waals surface area contributed by atoms with Crippen molar-refractivity contribution in [2.75, 3.05) is 6.54 Å². The van der Waals surface area contributed by atoms with Crippen LogP contribution in [0.15, 0.2) is 17.0 Å². The lowest BCUT2D eigenvalue weighted by Gasteiger charge is -2.25. The number of hydrogen-bond donors (Lipinski definition) is 3. The van der Waals surface area contributed by atoms with E-state index in [4.69, 9.17) is 5.11 Å². The monoisotopic (exact) mass is 299 g/mol. The van der Waals surface area contributed by atoms with Crippen LogP contribution in [-0.4, -0.2) is 31.1 Å². The number of phenols is 1. The van der Waals surface area contributed by atoms with Crippen LogP contribution in [0.1, 0.15) is 35.2 Å². The van der Waals surface area contributed by atoms with E-state index in [0.29, 0.717) is 18.0 Å². The van der Waals surface area contributed by atoms with Crippen LogP contribution in [0, 0.1) is 12.8 Å². The highest BCUT2D eigenvalue weighted by atomic mass is 32.2. The van der Waals surface area contributed by atoms with Gasteiger partial charge in [-0.2, -0.15) is 0 Å². The molecule has 0 aromatic heterocycles. The van der Waals surface area contributed by atoms with Crippen molar-refractivity contribution in [1.82, 2.24) is 4.72 Å². The zero-order chi connectivity index (χ0) is 14.9. The number of aryl methyl sites for hydroxylation is 1. The predicted octanol–water partition coefficient (Wildman–Crippen LogP) is 1.48. The third-order valence-corrected chi connectivity index (χ3v) is 5.17. The SMILES string of the molecule is Cc1cc(O)c(C(=O)O)cc1S(=O)(=O)NCC1CCC1.